The maximum absolute atomic E-state index is 5.39. The van der Waals surface area contributed by atoms with Crippen molar-refractivity contribution in [3.8, 4) is 5.75 Å². The number of methoxy groups -OCH3 is 1. The van der Waals surface area contributed by atoms with Crippen LogP contribution in [0.4, 0.5) is 0 Å². The summed E-state index contributed by atoms with van der Waals surface area (Å²) in [5, 5.41) is 0. The number of imidazole rings is 1. The van der Waals surface area contributed by atoms with Crippen molar-refractivity contribution < 1.29 is 9.47 Å². The van der Waals surface area contributed by atoms with Gasteiger partial charge in [-0.25, -0.2) is 4.98 Å². The predicted molar refractivity (Wildman–Crippen MR) is 64.5 cm³/mol. The van der Waals surface area contributed by atoms with Crippen LogP contribution in [0, 0.1) is 0 Å². The summed E-state index contributed by atoms with van der Waals surface area (Å²) in [5.74, 6) is 2.50. The van der Waals surface area contributed by atoms with Gasteiger partial charge in [-0.3, -0.25) is 0 Å². The molecular weight excluding hydrogens is 216 g/mol. The number of ether oxygens (including phenoxy) is 2. The van der Waals surface area contributed by atoms with E-state index in [-0.39, 0.29) is 0 Å². The van der Waals surface area contributed by atoms with E-state index < -0.39 is 0 Å². The molecule has 1 fully saturated rings. The molecular formula is C13H16N2O2. The van der Waals surface area contributed by atoms with Gasteiger partial charge in [0, 0.05) is 25.3 Å². The molecule has 0 amide bonds. The number of aromatic nitrogens is 2. The van der Waals surface area contributed by atoms with Gasteiger partial charge >= 0.3 is 0 Å². The summed E-state index contributed by atoms with van der Waals surface area (Å²) in [5.41, 5.74) is 1.04. The molecule has 0 atom stereocenters. The molecule has 0 spiro atoms. The minimum atomic E-state index is 0.498. The second-order valence-electron chi connectivity index (χ2n) is 4.33. The first kappa shape index (κ1) is 10.6. The van der Waals surface area contributed by atoms with Crippen LogP contribution >= 0.6 is 0 Å². The Balaban J connectivity index is 2.05. The quantitative estimate of drug-likeness (QED) is 0.796. The van der Waals surface area contributed by atoms with E-state index in [9.17, 15) is 0 Å². The van der Waals surface area contributed by atoms with E-state index in [0.29, 0.717) is 5.92 Å². The number of rotatable bonds is 2. The van der Waals surface area contributed by atoms with Crippen LogP contribution in [0.15, 0.2) is 24.5 Å². The maximum atomic E-state index is 5.39. The number of fused-ring (bicyclic) bond motifs is 1. The topological polar surface area (TPSA) is 35.8 Å². The lowest BCUT2D eigenvalue weighted by atomic mass is 10.00. The number of hydrogen-bond donors (Lipinski definition) is 0. The first-order chi connectivity index (χ1) is 8.40. The van der Waals surface area contributed by atoms with E-state index in [1.165, 1.54) is 0 Å². The molecule has 0 N–H and O–H groups in total. The SMILES string of the molecule is COc1cccn2c(C3CCOCC3)ncc12. The third kappa shape index (κ3) is 1.78. The first-order valence-electron chi connectivity index (χ1n) is 5.98. The van der Waals surface area contributed by atoms with Crippen LogP contribution in [0.3, 0.4) is 0 Å². The highest BCUT2D eigenvalue weighted by molar-refractivity contribution is 5.59. The molecule has 3 heterocycles. The summed E-state index contributed by atoms with van der Waals surface area (Å²) in [7, 11) is 1.69. The van der Waals surface area contributed by atoms with Gasteiger partial charge in [0.25, 0.3) is 0 Å². The third-order valence-electron chi connectivity index (χ3n) is 3.37. The second-order valence-corrected chi connectivity index (χ2v) is 4.33. The van der Waals surface area contributed by atoms with Crippen LogP contribution in [0.5, 0.6) is 5.75 Å². The molecule has 3 rings (SSSR count). The zero-order chi connectivity index (χ0) is 11.7. The average Bonchev–Trinajstić information content (AvgIpc) is 2.83. The highest BCUT2D eigenvalue weighted by atomic mass is 16.5. The Bertz CT molecular complexity index is 515. The lowest BCUT2D eigenvalue weighted by Crippen LogP contribution is -2.16. The Morgan fingerprint density at radius 1 is 1.41 bits per heavy atom. The van der Waals surface area contributed by atoms with Gasteiger partial charge in [0.1, 0.15) is 17.1 Å². The number of hydrogen-bond acceptors (Lipinski definition) is 3. The molecule has 4 nitrogen and oxygen atoms in total. The normalized spacial score (nSPS) is 17.5. The molecule has 1 saturated heterocycles. The maximum Gasteiger partial charge on any atom is 0.144 e. The molecule has 2 aromatic heterocycles. The smallest absolute Gasteiger partial charge is 0.144 e. The molecule has 0 saturated carbocycles. The standard InChI is InChI=1S/C13H16N2O2/c1-16-12-3-2-6-15-11(12)9-14-13(15)10-4-7-17-8-5-10/h2-3,6,9-10H,4-5,7-8H2,1H3. The van der Waals surface area contributed by atoms with Crippen molar-refractivity contribution in [1.82, 2.24) is 9.38 Å². The predicted octanol–water partition coefficient (Wildman–Crippen LogP) is 2.24. The van der Waals surface area contributed by atoms with Gasteiger partial charge in [-0.1, -0.05) is 0 Å². The Kier molecular flexibility index (Phi) is 2.73. The van der Waals surface area contributed by atoms with Crippen molar-refractivity contribution in [3.63, 3.8) is 0 Å². The third-order valence-corrected chi connectivity index (χ3v) is 3.37. The molecule has 90 valence electrons. The van der Waals surface area contributed by atoms with E-state index in [2.05, 4.69) is 15.6 Å². The van der Waals surface area contributed by atoms with E-state index in [4.69, 9.17) is 9.47 Å². The molecule has 2 aromatic rings. The Labute approximate surface area is 100 Å². The summed E-state index contributed by atoms with van der Waals surface area (Å²) in [6, 6.07) is 3.96. The Morgan fingerprint density at radius 2 is 2.24 bits per heavy atom. The van der Waals surface area contributed by atoms with Crippen LogP contribution in [0.25, 0.3) is 5.52 Å². The summed E-state index contributed by atoms with van der Waals surface area (Å²) in [6.07, 6.45) is 6.05. The van der Waals surface area contributed by atoms with Gasteiger partial charge in [0.15, 0.2) is 0 Å². The van der Waals surface area contributed by atoms with Crippen LogP contribution in [-0.2, 0) is 4.74 Å². The largest absolute Gasteiger partial charge is 0.494 e. The minimum Gasteiger partial charge on any atom is -0.494 e. The summed E-state index contributed by atoms with van der Waals surface area (Å²) >= 11 is 0. The van der Waals surface area contributed by atoms with Crippen molar-refractivity contribution >= 4 is 5.52 Å². The fourth-order valence-corrected chi connectivity index (χ4v) is 2.45. The molecule has 1 aliphatic heterocycles. The van der Waals surface area contributed by atoms with E-state index in [0.717, 1.165) is 43.1 Å². The van der Waals surface area contributed by atoms with Crippen LogP contribution in [0.1, 0.15) is 24.6 Å². The summed E-state index contributed by atoms with van der Waals surface area (Å²) in [4.78, 5) is 4.56. The monoisotopic (exact) mass is 232 g/mol. The van der Waals surface area contributed by atoms with E-state index in [1.54, 1.807) is 7.11 Å². The van der Waals surface area contributed by atoms with E-state index >= 15 is 0 Å². The van der Waals surface area contributed by atoms with Crippen molar-refractivity contribution in [3.05, 3.63) is 30.4 Å². The fraction of sp³-hybridized carbons (Fsp3) is 0.462. The zero-order valence-corrected chi connectivity index (χ0v) is 9.93. The fourth-order valence-electron chi connectivity index (χ4n) is 2.45. The molecule has 0 bridgehead atoms. The lowest BCUT2D eigenvalue weighted by molar-refractivity contribution is 0.0835. The summed E-state index contributed by atoms with van der Waals surface area (Å²) < 4.78 is 12.9. The van der Waals surface area contributed by atoms with Gasteiger partial charge in [0.05, 0.1) is 13.3 Å². The van der Waals surface area contributed by atoms with Gasteiger partial charge in [-0.2, -0.15) is 0 Å². The highest BCUT2D eigenvalue weighted by Crippen LogP contribution is 2.29. The minimum absolute atomic E-state index is 0.498. The number of nitrogens with zero attached hydrogens (tertiary/aromatic N) is 2. The zero-order valence-electron chi connectivity index (χ0n) is 9.93. The van der Waals surface area contributed by atoms with Crippen LogP contribution < -0.4 is 4.74 Å². The molecule has 0 unspecified atom stereocenters. The summed E-state index contributed by atoms with van der Waals surface area (Å²) in [6.45, 7) is 1.67. The van der Waals surface area contributed by atoms with Gasteiger partial charge in [-0.15, -0.1) is 0 Å². The van der Waals surface area contributed by atoms with Crippen LogP contribution in [-0.4, -0.2) is 29.7 Å². The Morgan fingerprint density at radius 3 is 3.00 bits per heavy atom. The van der Waals surface area contributed by atoms with E-state index in [1.807, 2.05) is 18.3 Å². The number of pyridine rings is 1. The average molecular weight is 232 g/mol. The van der Waals surface area contributed by atoms with Gasteiger partial charge in [-0.05, 0) is 25.0 Å². The van der Waals surface area contributed by atoms with Crippen molar-refractivity contribution in [1.29, 1.82) is 0 Å². The molecule has 4 heteroatoms. The molecule has 0 radical (unpaired) electrons. The molecule has 1 aliphatic rings. The van der Waals surface area contributed by atoms with Crippen molar-refractivity contribution in [2.24, 2.45) is 0 Å². The van der Waals surface area contributed by atoms with Crippen molar-refractivity contribution in [2.75, 3.05) is 20.3 Å². The van der Waals surface area contributed by atoms with Crippen LogP contribution in [0.2, 0.25) is 0 Å². The lowest BCUT2D eigenvalue weighted by Gasteiger charge is -2.21. The molecule has 17 heavy (non-hydrogen) atoms. The molecule has 0 aliphatic carbocycles. The Hall–Kier alpha value is -1.55. The first-order valence-corrected chi connectivity index (χ1v) is 5.98. The van der Waals surface area contributed by atoms with Gasteiger partial charge in [0.2, 0.25) is 0 Å². The van der Waals surface area contributed by atoms with Gasteiger partial charge < -0.3 is 13.9 Å². The second kappa shape index (κ2) is 4.37. The molecule has 0 aromatic carbocycles. The highest BCUT2D eigenvalue weighted by Gasteiger charge is 2.20. The van der Waals surface area contributed by atoms with Crippen molar-refractivity contribution in [2.45, 2.75) is 18.8 Å².